The van der Waals surface area contributed by atoms with Crippen molar-refractivity contribution < 1.29 is 0 Å². The van der Waals surface area contributed by atoms with Gasteiger partial charge in [-0.25, -0.2) is 4.68 Å². The molecule has 0 fully saturated rings. The van der Waals surface area contributed by atoms with Crippen molar-refractivity contribution in [3.8, 4) is 28.2 Å². The van der Waals surface area contributed by atoms with Gasteiger partial charge in [-0.05, 0) is 73.0 Å². The van der Waals surface area contributed by atoms with Crippen molar-refractivity contribution in [3.63, 3.8) is 0 Å². The van der Waals surface area contributed by atoms with Crippen molar-refractivity contribution in [1.82, 2.24) is 35.5 Å². The minimum atomic E-state index is 0. The van der Waals surface area contributed by atoms with E-state index in [1.54, 1.807) is 0 Å². The summed E-state index contributed by atoms with van der Waals surface area (Å²) in [5.74, 6) is 0. The van der Waals surface area contributed by atoms with Gasteiger partial charge < -0.3 is 5.32 Å². The molecule has 1 aliphatic heterocycles. The Balaban J connectivity index is 0.00000240. The van der Waals surface area contributed by atoms with Crippen molar-refractivity contribution in [2.45, 2.75) is 19.4 Å². The second kappa shape index (κ2) is 8.86. The Labute approximate surface area is 214 Å². The molecule has 0 amide bonds. The standard InChI is InChI=1S/C28H23N7.ClH/c1-17-23-14-22(8-6-18(23)10-11-29-17)35-16-27(32-34-35)28-24-13-19(7-9-26(24)31-33-28)21-12-20-4-2-3-5-25(20)30-15-21;/h2-9,12-17,29H,10-11H2,1H3,(H,31,33);1H. The Morgan fingerprint density at radius 3 is 2.83 bits per heavy atom. The molecule has 0 saturated carbocycles. The minimum absolute atomic E-state index is 0. The van der Waals surface area contributed by atoms with Crippen molar-refractivity contribution in [2.75, 3.05) is 6.54 Å². The van der Waals surface area contributed by atoms with Crippen LogP contribution in [0.15, 0.2) is 79.1 Å². The molecule has 0 bridgehead atoms. The van der Waals surface area contributed by atoms with Gasteiger partial charge in [-0.1, -0.05) is 35.5 Å². The second-order valence-electron chi connectivity index (χ2n) is 9.11. The van der Waals surface area contributed by atoms with Gasteiger partial charge in [-0.2, -0.15) is 5.10 Å². The molecule has 3 aromatic carbocycles. The number of hydrogen-bond donors (Lipinski definition) is 2. The number of halogens is 1. The first-order valence-corrected chi connectivity index (χ1v) is 11.9. The number of nitrogens with zero attached hydrogens (tertiary/aromatic N) is 5. The first kappa shape index (κ1) is 22.4. The normalized spacial score (nSPS) is 15.1. The first-order valence-electron chi connectivity index (χ1n) is 11.9. The van der Waals surface area contributed by atoms with E-state index in [0.717, 1.165) is 63.0 Å². The lowest BCUT2D eigenvalue weighted by atomic mass is 9.95. The predicted molar refractivity (Wildman–Crippen MR) is 145 cm³/mol. The maximum Gasteiger partial charge on any atom is 0.134 e. The van der Waals surface area contributed by atoms with Gasteiger partial charge in [0.05, 0.1) is 22.9 Å². The second-order valence-corrected chi connectivity index (χ2v) is 9.11. The molecule has 6 aromatic rings. The third-order valence-corrected chi connectivity index (χ3v) is 6.93. The molecule has 3 aromatic heterocycles. The van der Waals surface area contributed by atoms with Gasteiger partial charge >= 0.3 is 0 Å². The lowest BCUT2D eigenvalue weighted by molar-refractivity contribution is 0.540. The number of nitrogens with one attached hydrogen (secondary N) is 2. The number of benzene rings is 3. The third kappa shape index (κ3) is 3.73. The van der Waals surface area contributed by atoms with Crippen LogP contribution in [0.2, 0.25) is 0 Å². The van der Waals surface area contributed by atoms with E-state index in [9.17, 15) is 0 Å². The highest BCUT2D eigenvalue weighted by Crippen LogP contribution is 2.31. The van der Waals surface area contributed by atoms with Gasteiger partial charge in [0.15, 0.2) is 0 Å². The van der Waals surface area contributed by atoms with Crippen LogP contribution < -0.4 is 5.32 Å². The SMILES string of the molecule is CC1NCCc2ccc(-n3cc(-c4n[nH]c5ccc(-c6cnc7ccccc7c6)cc45)nn3)cc21.Cl. The predicted octanol–water partition coefficient (Wildman–Crippen LogP) is 5.65. The van der Waals surface area contributed by atoms with Crippen LogP contribution in [0.4, 0.5) is 0 Å². The van der Waals surface area contributed by atoms with E-state index in [0.29, 0.717) is 6.04 Å². The van der Waals surface area contributed by atoms with Gasteiger partial charge in [0.1, 0.15) is 11.4 Å². The summed E-state index contributed by atoms with van der Waals surface area (Å²) in [4.78, 5) is 4.63. The van der Waals surface area contributed by atoms with Crippen LogP contribution in [0.25, 0.3) is 50.0 Å². The molecule has 0 saturated heterocycles. The topological polar surface area (TPSA) is 84.3 Å². The molecular formula is C28H24ClN7. The summed E-state index contributed by atoms with van der Waals surface area (Å²) in [5, 5.41) is 22.3. The molecule has 36 heavy (non-hydrogen) atoms. The number of rotatable bonds is 3. The number of pyridine rings is 1. The lowest BCUT2D eigenvalue weighted by Crippen LogP contribution is -2.27. The Kier molecular flexibility index (Phi) is 5.51. The maximum atomic E-state index is 4.63. The third-order valence-electron chi connectivity index (χ3n) is 6.93. The molecule has 0 radical (unpaired) electrons. The molecule has 4 heterocycles. The average molecular weight is 494 g/mol. The van der Waals surface area contributed by atoms with Crippen LogP contribution in [0, 0.1) is 0 Å². The van der Waals surface area contributed by atoms with Crippen LogP contribution in [0.5, 0.6) is 0 Å². The Morgan fingerprint density at radius 1 is 0.972 bits per heavy atom. The summed E-state index contributed by atoms with van der Waals surface area (Å²) in [6.07, 6.45) is 4.92. The van der Waals surface area contributed by atoms with Crippen molar-refractivity contribution in [3.05, 3.63) is 90.3 Å². The Morgan fingerprint density at radius 2 is 1.89 bits per heavy atom. The monoisotopic (exact) mass is 493 g/mol. The quantitative estimate of drug-likeness (QED) is 0.332. The molecule has 1 aliphatic rings. The zero-order chi connectivity index (χ0) is 23.4. The highest BCUT2D eigenvalue weighted by atomic mass is 35.5. The summed E-state index contributed by atoms with van der Waals surface area (Å²) in [7, 11) is 0. The zero-order valence-corrected chi connectivity index (χ0v) is 20.5. The molecule has 7 rings (SSSR count). The molecule has 178 valence electrons. The zero-order valence-electron chi connectivity index (χ0n) is 19.6. The smallest absolute Gasteiger partial charge is 0.134 e. The molecule has 0 spiro atoms. The highest BCUT2D eigenvalue weighted by Gasteiger charge is 2.18. The molecule has 0 aliphatic carbocycles. The Hall–Kier alpha value is -4.07. The molecule has 1 atom stereocenters. The highest BCUT2D eigenvalue weighted by molar-refractivity contribution is 5.95. The fraction of sp³-hybridized carbons (Fsp3) is 0.143. The fourth-order valence-electron chi connectivity index (χ4n) is 5.01. The van der Waals surface area contributed by atoms with Gasteiger partial charge in [0.2, 0.25) is 0 Å². The van der Waals surface area contributed by atoms with Gasteiger partial charge in [0.25, 0.3) is 0 Å². The van der Waals surface area contributed by atoms with Crippen LogP contribution >= 0.6 is 12.4 Å². The average Bonchev–Trinajstić information content (AvgIpc) is 3.55. The maximum absolute atomic E-state index is 4.63. The number of para-hydroxylation sites is 1. The summed E-state index contributed by atoms with van der Waals surface area (Å²) in [6.45, 7) is 3.22. The van der Waals surface area contributed by atoms with Crippen LogP contribution in [-0.4, -0.2) is 36.7 Å². The van der Waals surface area contributed by atoms with Crippen LogP contribution in [0.1, 0.15) is 24.1 Å². The number of aromatic nitrogens is 6. The van der Waals surface area contributed by atoms with Crippen molar-refractivity contribution in [2.24, 2.45) is 0 Å². The Bertz CT molecular complexity index is 1720. The molecule has 8 heteroatoms. The summed E-state index contributed by atoms with van der Waals surface area (Å²) < 4.78 is 1.83. The summed E-state index contributed by atoms with van der Waals surface area (Å²) in [5.41, 5.74) is 9.34. The van der Waals surface area contributed by atoms with Crippen LogP contribution in [-0.2, 0) is 6.42 Å². The van der Waals surface area contributed by atoms with E-state index < -0.39 is 0 Å². The summed E-state index contributed by atoms with van der Waals surface area (Å²) >= 11 is 0. The van der Waals surface area contributed by atoms with E-state index in [1.807, 2.05) is 35.3 Å². The number of aromatic amines is 1. The van der Waals surface area contributed by atoms with E-state index in [2.05, 4.69) is 86.3 Å². The minimum Gasteiger partial charge on any atom is -0.310 e. The number of fused-ring (bicyclic) bond motifs is 3. The van der Waals surface area contributed by atoms with Crippen molar-refractivity contribution >= 4 is 34.2 Å². The van der Waals surface area contributed by atoms with E-state index in [4.69, 9.17) is 0 Å². The molecular weight excluding hydrogens is 470 g/mol. The molecule has 1 unspecified atom stereocenters. The summed E-state index contributed by atoms with van der Waals surface area (Å²) in [6, 6.07) is 23.5. The molecule has 7 nitrogen and oxygen atoms in total. The van der Waals surface area contributed by atoms with E-state index in [1.165, 1.54) is 11.1 Å². The van der Waals surface area contributed by atoms with E-state index >= 15 is 0 Å². The first-order chi connectivity index (χ1) is 17.2. The largest absolute Gasteiger partial charge is 0.310 e. The van der Waals surface area contributed by atoms with Crippen molar-refractivity contribution in [1.29, 1.82) is 0 Å². The molecule has 2 N–H and O–H groups in total. The number of H-pyrrole nitrogens is 1. The van der Waals surface area contributed by atoms with Gasteiger partial charge in [-0.3, -0.25) is 10.1 Å². The fourth-order valence-corrected chi connectivity index (χ4v) is 5.01. The lowest BCUT2D eigenvalue weighted by Gasteiger charge is -2.24. The number of hydrogen-bond acceptors (Lipinski definition) is 5. The van der Waals surface area contributed by atoms with Crippen LogP contribution in [0.3, 0.4) is 0 Å². The van der Waals surface area contributed by atoms with Gasteiger partial charge in [-0.15, -0.1) is 17.5 Å². The van der Waals surface area contributed by atoms with Gasteiger partial charge in [0, 0.05) is 28.6 Å². The van der Waals surface area contributed by atoms with E-state index in [-0.39, 0.29) is 12.4 Å².